The Bertz CT molecular complexity index is 816. The van der Waals surface area contributed by atoms with E-state index in [9.17, 15) is 4.79 Å². The number of aryl methyl sites for hydroxylation is 1. The lowest BCUT2D eigenvalue weighted by atomic mass is 9.96. The van der Waals surface area contributed by atoms with Gasteiger partial charge in [0.25, 0.3) is 5.91 Å². The van der Waals surface area contributed by atoms with Crippen molar-refractivity contribution >= 4 is 39.1 Å². The van der Waals surface area contributed by atoms with E-state index < -0.39 is 5.41 Å². The second-order valence-electron chi connectivity index (χ2n) is 5.86. The van der Waals surface area contributed by atoms with E-state index in [0.717, 1.165) is 15.8 Å². The molecule has 0 aliphatic heterocycles. The second kappa shape index (κ2) is 5.67. The van der Waals surface area contributed by atoms with Gasteiger partial charge in [-0.25, -0.2) is 0 Å². The molecule has 0 aliphatic carbocycles. The monoisotopic (exact) mass is 320 g/mol. The molecule has 0 bridgehead atoms. The Labute approximate surface area is 133 Å². The van der Waals surface area contributed by atoms with Crippen LogP contribution in [-0.2, 0) is 11.3 Å². The maximum atomic E-state index is 12.2. The zero-order valence-electron chi connectivity index (χ0n) is 12.5. The summed E-state index contributed by atoms with van der Waals surface area (Å²) in [5, 5.41) is 0.680. The molecule has 0 fully saturated rings. The Morgan fingerprint density at radius 3 is 2.71 bits per heavy atom. The quantitative estimate of drug-likeness (QED) is 0.736. The number of benzene rings is 1. The predicted molar refractivity (Wildman–Crippen MR) is 88.4 cm³/mol. The number of rotatable bonds is 1. The van der Waals surface area contributed by atoms with E-state index in [0.29, 0.717) is 16.4 Å². The molecular weight excluding hydrogens is 304 g/mol. The van der Waals surface area contributed by atoms with Gasteiger partial charge in [0.15, 0.2) is 4.80 Å². The van der Waals surface area contributed by atoms with E-state index >= 15 is 0 Å². The molecule has 1 heterocycles. The van der Waals surface area contributed by atoms with Crippen molar-refractivity contribution in [3.05, 3.63) is 27.5 Å². The Morgan fingerprint density at radius 1 is 1.48 bits per heavy atom. The fraction of sp³-hybridized carbons (Fsp3) is 0.375. The fourth-order valence-corrected chi connectivity index (χ4v) is 3.13. The number of nitrogens with zero attached hydrogens (tertiary/aromatic N) is 2. The number of carbonyl (C=O) groups excluding carboxylic acids is 1. The van der Waals surface area contributed by atoms with Gasteiger partial charge in [0.1, 0.15) is 0 Å². The molecular formula is C16H17ClN2OS. The first kappa shape index (κ1) is 15.8. The van der Waals surface area contributed by atoms with Crippen LogP contribution in [0.15, 0.2) is 17.1 Å². The number of carbonyl (C=O) groups is 1. The third kappa shape index (κ3) is 3.04. The highest BCUT2D eigenvalue weighted by Crippen LogP contribution is 2.27. The van der Waals surface area contributed by atoms with Crippen molar-refractivity contribution in [2.75, 3.05) is 0 Å². The summed E-state index contributed by atoms with van der Waals surface area (Å²) in [7, 11) is 0. The van der Waals surface area contributed by atoms with Crippen molar-refractivity contribution in [3.63, 3.8) is 0 Å². The number of thiazole rings is 1. The van der Waals surface area contributed by atoms with E-state index in [2.05, 4.69) is 10.9 Å². The predicted octanol–water partition coefficient (Wildman–Crippen LogP) is 3.77. The Kier molecular flexibility index (Phi) is 4.27. The van der Waals surface area contributed by atoms with Crippen LogP contribution in [0.25, 0.3) is 10.2 Å². The van der Waals surface area contributed by atoms with Gasteiger partial charge in [-0.3, -0.25) is 4.79 Å². The third-order valence-electron chi connectivity index (χ3n) is 3.12. The van der Waals surface area contributed by atoms with Crippen molar-refractivity contribution < 1.29 is 4.79 Å². The van der Waals surface area contributed by atoms with Crippen molar-refractivity contribution in [1.82, 2.24) is 4.57 Å². The molecule has 0 saturated carbocycles. The summed E-state index contributed by atoms with van der Waals surface area (Å²) in [5.74, 6) is 2.45. The molecule has 0 N–H and O–H groups in total. The third-order valence-corrected chi connectivity index (χ3v) is 4.57. The lowest BCUT2D eigenvalue weighted by Gasteiger charge is -2.11. The van der Waals surface area contributed by atoms with E-state index in [4.69, 9.17) is 18.0 Å². The largest absolute Gasteiger partial charge is 0.304 e. The summed E-state index contributed by atoms with van der Waals surface area (Å²) in [4.78, 5) is 17.0. The first-order valence-electron chi connectivity index (χ1n) is 6.56. The molecule has 1 aromatic carbocycles. The minimum absolute atomic E-state index is 0.163. The first-order chi connectivity index (χ1) is 9.75. The lowest BCUT2D eigenvalue weighted by Crippen LogP contribution is -2.23. The molecule has 3 nitrogen and oxygen atoms in total. The molecule has 0 saturated heterocycles. The SMILES string of the molecule is C#CCn1c(=NC(=O)C(C)(C)C)sc2ccc(Cl)c(C)c21. The first-order valence-corrected chi connectivity index (χ1v) is 7.76. The highest BCUT2D eigenvalue weighted by Gasteiger charge is 2.21. The van der Waals surface area contributed by atoms with Gasteiger partial charge >= 0.3 is 0 Å². The topological polar surface area (TPSA) is 34.4 Å². The number of fused-ring (bicyclic) bond motifs is 1. The van der Waals surface area contributed by atoms with Crippen LogP contribution in [0.2, 0.25) is 5.02 Å². The average Bonchev–Trinajstić information content (AvgIpc) is 2.72. The van der Waals surface area contributed by atoms with Crippen molar-refractivity contribution in [3.8, 4) is 12.3 Å². The van der Waals surface area contributed by atoms with Crippen molar-refractivity contribution in [2.45, 2.75) is 34.2 Å². The Balaban J connectivity index is 2.79. The van der Waals surface area contributed by atoms with Crippen LogP contribution in [0, 0.1) is 24.7 Å². The van der Waals surface area contributed by atoms with Crippen LogP contribution in [-0.4, -0.2) is 10.5 Å². The van der Waals surface area contributed by atoms with Crippen LogP contribution < -0.4 is 4.80 Å². The standard InChI is InChI=1S/C16H17ClN2OS/c1-6-9-19-13-10(2)11(17)7-8-12(13)21-15(19)18-14(20)16(3,4)5/h1,7-8H,9H2,2-5H3. The lowest BCUT2D eigenvalue weighted by molar-refractivity contribution is -0.125. The summed E-state index contributed by atoms with van der Waals surface area (Å²) < 4.78 is 2.90. The van der Waals surface area contributed by atoms with Crippen LogP contribution in [0.4, 0.5) is 0 Å². The molecule has 0 radical (unpaired) electrons. The van der Waals surface area contributed by atoms with E-state index in [1.807, 2.05) is 44.4 Å². The minimum Gasteiger partial charge on any atom is -0.304 e. The molecule has 5 heteroatoms. The highest BCUT2D eigenvalue weighted by molar-refractivity contribution is 7.16. The van der Waals surface area contributed by atoms with E-state index in [1.54, 1.807) is 0 Å². The number of aromatic nitrogens is 1. The average molecular weight is 321 g/mol. The smallest absolute Gasteiger partial charge is 0.253 e. The molecule has 1 amide bonds. The maximum Gasteiger partial charge on any atom is 0.253 e. The number of hydrogen-bond donors (Lipinski definition) is 0. The molecule has 0 aliphatic rings. The van der Waals surface area contributed by atoms with Gasteiger partial charge in [-0.15, -0.1) is 6.42 Å². The van der Waals surface area contributed by atoms with Crippen LogP contribution >= 0.6 is 22.9 Å². The molecule has 0 spiro atoms. The van der Waals surface area contributed by atoms with Crippen molar-refractivity contribution in [2.24, 2.45) is 10.4 Å². The van der Waals surface area contributed by atoms with Crippen LogP contribution in [0.5, 0.6) is 0 Å². The van der Waals surface area contributed by atoms with Crippen molar-refractivity contribution in [1.29, 1.82) is 0 Å². The van der Waals surface area contributed by atoms with Gasteiger partial charge < -0.3 is 4.57 Å². The van der Waals surface area contributed by atoms with Crippen LogP contribution in [0.1, 0.15) is 26.3 Å². The van der Waals surface area contributed by atoms with Gasteiger partial charge in [-0.1, -0.05) is 49.6 Å². The normalized spacial score (nSPS) is 12.7. The number of halogens is 1. The summed E-state index contributed by atoms with van der Waals surface area (Å²) in [6.45, 7) is 7.84. The number of amides is 1. The highest BCUT2D eigenvalue weighted by atomic mass is 35.5. The molecule has 1 aromatic heterocycles. The van der Waals surface area contributed by atoms with Gasteiger partial charge in [-0.05, 0) is 24.6 Å². The molecule has 0 atom stereocenters. The van der Waals surface area contributed by atoms with Gasteiger partial charge in [0.2, 0.25) is 0 Å². The molecule has 2 rings (SSSR count). The number of hydrogen-bond acceptors (Lipinski definition) is 2. The Morgan fingerprint density at radius 2 is 2.14 bits per heavy atom. The molecule has 21 heavy (non-hydrogen) atoms. The zero-order valence-corrected chi connectivity index (χ0v) is 14.1. The van der Waals surface area contributed by atoms with Gasteiger partial charge in [0, 0.05) is 10.4 Å². The minimum atomic E-state index is -0.517. The van der Waals surface area contributed by atoms with E-state index in [-0.39, 0.29) is 5.91 Å². The summed E-state index contributed by atoms with van der Waals surface area (Å²) in [6, 6.07) is 3.79. The summed E-state index contributed by atoms with van der Waals surface area (Å²) in [5.41, 5.74) is 1.38. The maximum absolute atomic E-state index is 12.2. The fourth-order valence-electron chi connectivity index (χ4n) is 1.89. The van der Waals surface area contributed by atoms with Gasteiger partial charge in [0.05, 0.1) is 16.8 Å². The second-order valence-corrected chi connectivity index (χ2v) is 7.28. The molecule has 2 aromatic rings. The molecule has 110 valence electrons. The Hall–Kier alpha value is -1.57. The summed E-state index contributed by atoms with van der Waals surface area (Å²) in [6.07, 6.45) is 5.46. The number of terminal acetylenes is 1. The molecule has 0 unspecified atom stereocenters. The summed E-state index contributed by atoms with van der Waals surface area (Å²) >= 11 is 7.64. The van der Waals surface area contributed by atoms with Crippen LogP contribution in [0.3, 0.4) is 0 Å². The zero-order chi connectivity index (χ0) is 15.8. The van der Waals surface area contributed by atoms with Gasteiger partial charge in [-0.2, -0.15) is 4.99 Å². The van der Waals surface area contributed by atoms with E-state index in [1.165, 1.54) is 11.3 Å².